The molecule has 0 saturated carbocycles. The summed E-state index contributed by atoms with van der Waals surface area (Å²) in [7, 11) is 0. The molecule has 13 heavy (non-hydrogen) atoms. The van der Waals surface area contributed by atoms with Crippen LogP contribution in [0.5, 0.6) is 0 Å². The molecule has 0 aliphatic heterocycles. The van der Waals surface area contributed by atoms with E-state index in [4.69, 9.17) is 11.6 Å². The molecular weight excluding hydrogens is 191 g/mol. The van der Waals surface area contributed by atoms with Crippen LogP contribution in [0.25, 0.3) is 0 Å². The zero-order valence-corrected chi connectivity index (χ0v) is 8.40. The molecule has 1 nitrogen and oxygen atoms in total. The third-order valence-corrected chi connectivity index (χ3v) is 2.00. The van der Waals surface area contributed by atoms with E-state index in [1.54, 1.807) is 13.8 Å². The van der Waals surface area contributed by atoms with E-state index in [1.807, 2.05) is 0 Å². The SMILES string of the molecule is CC(C)(O)Cc1cc(F)ccc1Cl. The third-order valence-electron chi connectivity index (χ3n) is 1.63. The van der Waals surface area contributed by atoms with Gasteiger partial charge in [0.25, 0.3) is 0 Å². The second kappa shape index (κ2) is 3.64. The van der Waals surface area contributed by atoms with Crippen LogP contribution in [-0.4, -0.2) is 10.7 Å². The second-order valence-electron chi connectivity index (χ2n) is 3.72. The minimum atomic E-state index is -0.864. The summed E-state index contributed by atoms with van der Waals surface area (Å²) < 4.78 is 12.8. The van der Waals surface area contributed by atoms with Gasteiger partial charge in [0.15, 0.2) is 0 Å². The van der Waals surface area contributed by atoms with Crippen molar-refractivity contribution in [3.8, 4) is 0 Å². The van der Waals surface area contributed by atoms with Crippen LogP contribution in [0.3, 0.4) is 0 Å². The molecule has 1 aromatic carbocycles. The summed E-state index contributed by atoms with van der Waals surface area (Å²) in [6, 6.07) is 4.15. The number of aliphatic hydroxyl groups is 1. The summed E-state index contributed by atoms with van der Waals surface area (Å²) in [5.74, 6) is -0.330. The van der Waals surface area contributed by atoms with Gasteiger partial charge in [0.05, 0.1) is 5.60 Å². The van der Waals surface area contributed by atoms with Crippen molar-refractivity contribution in [2.75, 3.05) is 0 Å². The molecule has 0 atom stereocenters. The van der Waals surface area contributed by atoms with Gasteiger partial charge >= 0.3 is 0 Å². The first-order valence-corrected chi connectivity index (χ1v) is 4.42. The Morgan fingerprint density at radius 3 is 2.62 bits per heavy atom. The zero-order chi connectivity index (χ0) is 10.1. The van der Waals surface area contributed by atoms with Crippen LogP contribution in [0, 0.1) is 5.82 Å². The molecule has 0 spiro atoms. The third kappa shape index (κ3) is 3.33. The van der Waals surface area contributed by atoms with E-state index >= 15 is 0 Å². The lowest BCUT2D eigenvalue weighted by Crippen LogP contribution is -2.22. The lowest BCUT2D eigenvalue weighted by Gasteiger charge is -2.17. The molecule has 1 rings (SSSR count). The Hall–Kier alpha value is -0.600. The first-order chi connectivity index (χ1) is 5.88. The van der Waals surface area contributed by atoms with Crippen molar-refractivity contribution in [3.63, 3.8) is 0 Å². The molecule has 1 aromatic rings. The van der Waals surface area contributed by atoms with E-state index in [0.29, 0.717) is 17.0 Å². The Morgan fingerprint density at radius 1 is 1.46 bits per heavy atom. The maximum Gasteiger partial charge on any atom is 0.123 e. The molecule has 0 aromatic heterocycles. The lowest BCUT2D eigenvalue weighted by molar-refractivity contribution is 0.0809. The fourth-order valence-electron chi connectivity index (χ4n) is 1.14. The molecular formula is C10H12ClFO. The van der Waals surface area contributed by atoms with Gasteiger partial charge in [0, 0.05) is 11.4 Å². The first-order valence-electron chi connectivity index (χ1n) is 4.05. The van der Waals surface area contributed by atoms with Crippen LogP contribution < -0.4 is 0 Å². The number of hydrogen-bond donors (Lipinski definition) is 1. The maximum absolute atomic E-state index is 12.8. The number of halogens is 2. The van der Waals surface area contributed by atoms with Crippen molar-refractivity contribution in [2.45, 2.75) is 25.9 Å². The topological polar surface area (TPSA) is 20.2 Å². The first kappa shape index (κ1) is 10.5. The Kier molecular flexibility index (Phi) is 2.94. The number of hydrogen-bond acceptors (Lipinski definition) is 1. The van der Waals surface area contributed by atoms with Crippen LogP contribution in [0.2, 0.25) is 5.02 Å². The van der Waals surface area contributed by atoms with Crippen molar-refractivity contribution in [1.82, 2.24) is 0 Å². The van der Waals surface area contributed by atoms with Crippen LogP contribution in [0.4, 0.5) is 4.39 Å². The Bertz CT molecular complexity index is 304. The van der Waals surface area contributed by atoms with Gasteiger partial charge in [-0.05, 0) is 37.6 Å². The molecule has 1 N–H and O–H groups in total. The van der Waals surface area contributed by atoms with Gasteiger partial charge in [-0.1, -0.05) is 11.6 Å². The van der Waals surface area contributed by atoms with Crippen LogP contribution in [0.1, 0.15) is 19.4 Å². The minimum absolute atomic E-state index is 0.330. The Morgan fingerprint density at radius 2 is 2.08 bits per heavy atom. The standard InChI is InChI=1S/C10H12ClFO/c1-10(2,13)6-7-5-8(12)3-4-9(7)11/h3-5,13H,6H2,1-2H3. The van der Waals surface area contributed by atoms with E-state index in [-0.39, 0.29) is 5.82 Å². The van der Waals surface area contributed by atoms with Gasteiger partial charge in [-0.2, -0.15) is 0 Å². The van der Waals surface area contributed by atoms with E-state index in [9.17, 15) is 9.50 Å². The van der Waals surface area contributed by atoms with Crippen LogP contribution in [0.15, 0.2) is 18.2 Å². The van der Waals surface area contributed by atoms with Gasteiger partial charge in [0.2, 0.25) is 0 Å². The molecule has 0 unspecified atom stereocenters. The zero-order valence-electron chi connectivity index (χ0n) is 7.64. The van der Waals surface area contributed by atoms with Crippen LogP contribution >= 0.6 is 11.6 Å². The van der Waals surface area contributed by atoms with Crippen molar-refractivity contribution in [2.24, 2.45) is 0 Å². The summed E-state index contributed by atoms with van der Waals surface area (Å²) in [6.45, 7) is 3.32. The van der Waals surface area contributed by atoms with Crippen molar-refractivity contribution in [3.05, 3.63) is 34.6 Å². The van der Waals surface area contributed by atoms with Gasteiger partial charge < -0.3 is 5.11 Å². The Labute approximate surface area is 82.2 Å². The fourth-order valence-corrected chi connectivity index (χ4v) is 1.33. The van der Waals surface area contributed by atoms with Gasteiger partial charge in [0.1, 0.15) is 5.82 Å². The molecule has 0 radical (unpaired) electrons. The summed E-state index contributed by atoms with van der Waals surface area (Å²) in [4.78, 5) is 0. The quantitative estimate of drug-likeness (QED) is 0.782. The maximum atomic E-state index is 12.8. The molecule has 0 amide bonds. The van der Waals surface area contributed by atoms with E-state index < -0.39 is 5.60 Å². The normalized spacial score (nSPS) is 11.8. The highest BCUT2D eigenvalue weighted by molar-refractivity contribution is 6.31. The highest BCUT2D eigenvalue weighted by atomic mass is 35.5. The summed E-state index contributed by atoms with van der Waals surface area (Å²) in [6.07, 6.45) is 0.351. The smallest absolute Gasteiger partial charge is 0.123 e. The fraction of sp³-hybridized carbons (Fsp3) is 0.400. The number of rotatable bonds is 2. The highest BCUT2D eigenvalue weighted by Crippen LogP contribution is 2.21. The van der Waals surface area contributed by atoms with Crippen molar-refractivity contribution >= 4 is 11.6 Å². The van der Waals surface area contributed by atoms with Gasteiger partial charge in [-0.15, -0.1) is 0 Å². The lowest BCUT2D eigenvalue weighted by atomic mass is 9.99. The van der Waals surface area contributed by atoms with Gasteiger partial charge in [-0.25, -0.2) is 4.39 Å². The predicted octanol–water partition coefficient (Wildman–Crippen LogP) is 2.79. The summed E-state index contributed by atoms with van der Waals surface area (Å²) in [5, 5.41) is 9.99. The second-order valence-corrected chi connectivity index (χ2v) is 4.13. The molecule has 0 aliphatic carbocycles. The van der Waals surface area contributed by atoms with E-state index in [0.717, 1.165) is 0 Å². The van der Waals surface area contributed by atoms with Crippen molar-refractivity contribution < 1.29 is 9.50 Å². The molecule has 0 bridgehead atoms. The van der Waals surface area contributed by atoms with Crippen LogP contribution in [-0.2, 0) is 6.42 Å². The van der Waals surface area contributed by atoms with E-state index in [2.05, 4.69) is 0 Å². The largest absolute Gasteiger partial charge is 0.390 e. The summed E-state index contributed by atoms with van der Waals surface area (Å²) in [5.41, 5.74) is -0.230. The van der Waals surface area contributed by atoms with Crippen molar-refractivity contribution in [1.29, 1.82) is 0 Å². The monoisotopic (exact) mass is 202 g/mol. The molecule has 72 valence electrons. The average molecular weight is 203 g/mol. The Balaban J connectivity index is 2.94. The number of benzene rings is 1. The van der Waals surface area contributed by atoms with Gasteiger partial charge in [-0.3, -0.25) is 0 Å². The highest BCUT2D eigenvalue weighted by Gasteiger charge is 2.15. The minimum Gasteiger partial charge on any atom is -0.390 e. The molecule has 3 heteroatoms. The van der Waals surface area contributed by atoms with E-state index in [1.165, 1.54) is 18.2 Å². The molecule has 0 fully saturated rings. The average Bonchev–Trinajstić information content (AvgIpc) is 1.94. The predicted molar refractivity (Wildman–Crippen MR) is 51.4 cm³/mol. The molecule has 0 aliphatic rings. The summed E-state index contributed by atoms with van der Waals surface area (Å²) >= 11 is 5.82. The molecule has 0 heterocycles. The molecule has 0 saturated heterocycles.